The second kappa shape index (κ2) is 9.98. The Hall–Kier alpha value is -3.75. The number of hydrogen-bond acceptors (Lipinski definition) is 6. The fourth-order valence-electron chi connectivity index (χ4n) is 2.60. The molecule has 0 unspecified atom stereocenters. The van der Waals surface area contributed by atoms with Crippen LogP contribution in [0.25, 0.3) is 0 Å². The standard InChI is InChI=1S/C20H21N3O6/c1-3-22(16-9-5-4-6-10-16)20(26)14(2)29-18(24)13-21-19(25)15-8-7-11-17(12-15)23(27)28/h4-12,14H,3,13H2,1-2H3,(H,21,25)/t14-/m1/s1. The second-order valence-electron chi connectivity index (χ2n) is 6.04. The van der Waals surface area contributed by atoms with Crippen molar-refractivity contribution in [3.05, 3.63) is 70.3 Å². The minimum atomic E-state index is -1.04. The maximum absolute atomic E-state index is 12.6. The Morgan fingerprint density at radius 1 is 1.14 bits per heavy atom. The monoisotopic (exact) mass is 399 g/mol. The van der Waals surface area contributed by atoms with E-state index in [1.54, 1.807) is 31.2 Å². The molecule has 2 aromatic carbocycles. The fourth-order valence-corrected chi connectivity index (χ4v) is 2.60. The first-order valence-corrected chi connectivity index (χ1v) is 8.92. The van der Waals surface area contributed by atoms with Gasteiger partial charge in [-0.2, -0.15) is 0 Å². The predicted octanol–water partition coefficient (Wildman–Crippen LogP) is 2.31. The van der Waals surface area contributed by atoms with Gasteiger partial charge in [0, 0.05) is 29.9 Å². The molecule has 2 amide bonds. The third-order valence-electron chi connectivity index (χ3n) is 4.02. The molecule has 29 heavy (non-hydrogen) atoms. The average Bonchev–Trinajstić information content (AvgIpc) is 2.73. The Bertz CT molecular complexity index is 900. The second-order valence-corrected chi connectivity index (χ2v) is 6.04. The van der Waals surface area contributed by atoms with E-state index in [0.717, 1.165) is 6.07 Å². The van der Waals surface area contributed by atoms with E-state index in [9.17, 15) is 24.5 Å². The van der Waals surface area contributed by atoms with Gasteiger partial charge in [-0.3, -0.25) is 24.5 Å². The van der Waals surface area contributed by atoms with Crippen LogP contribution in [0.2, 0.25) is 0 Å². The number of ether oxygens (including phenoxy) is 1. The quantitative estimate of drug-likeness (QED) is 0.413. The predicted molar refractivity (Wildman–Crippen MR) is 105 cm³/mol. The molecule has 0 heterocycles. The molecule has 0 aromatic heterocycles. The number of non-ortho nitro benzene ring substituents is 1. The molecule has 0 fully saturated rings. The topological polar surface area (TPSA) is 119 Å². The van der Waals surface area contributed by atoms with Crippen molar-refractivity contribution in [1.82, 2.24) is 5.32 Å². The van der Waals surface area contributed by atoms with Gasteiger partial charge in [0.2, 0.25) is 0 Å². The van der Waals surface area contributed by atoms with Crippen LogP contribution in [0.1, 0.15) is 24.2 Å². The number of rotatable bonds is 8. The first-order chi connectivity index (χ1) is 13.8. The zero-order valence-corrected chi connectivity index (χ0v) is 16.0. The number of hydrogen-bond donors (Lipinski definition) is 1. The van der Waals surface area contributed by atoms with Crippen LogP contribution in [0, 0.1) is 10.1 Å². The van der Waals surface area contributed by atoms with Gasteiger partial charge in [-0.15, -0.1) is 0 Å². The van der Waals surface area contributed by atoms with Crippen molar-refractivity contribution in [2.75, 3.05) is 18.0 Å². The Morgan fingerprint density at radius 2 is 1.83 bits per heavy atom. The molecule has 1 atom stereocenters. The van der Waals surface area contributed by atoms with E-state index in [0.29, 0.717) is 12.2 Å². The highest BCUT2D eigenvalue weighted by Gasteiger charge is 2.24. The van der Waals surface area contributed by atoms with Crippen LogP contribution in [-0.2, 0) is 14.3 Å². The van der Waals surface area contributed by atoms with E-state index in [-0.39, 0.29) is 11.3 Å². The van der Waals surface area contributed by atoms with E-state index in [1.165, 1.54) is 30.0 Å². The molecular weight excluding hydrogens is 378 g/mol. The fraction of sp³-hybridized carbons (Fsp3) is 0.250. The Balaban J connectivity index is 1.91. The summed E-state index contributed by atoms with van der Waals surface area (Å²) in [6.45, 7) is 3.18. The molecule has 0 saturated heterocycles. The van der Waals surface area contributed by atoms with E-state index >= 15 is 0 Å². The van der Waals surface area contributed by atoms with E-state index < -0.39 is 35.4 Å². The van der Waals surface area contributed by atoms with Gasteiger partial charge in [-0.1, -0.05) is 24.3 Å². The zero-order valence-electron chi connectivity index (χ0n) is 16.0. The van der Waals surface area contributed by atoms with Gasteiger partial charge in [-0.25, -0.2) is 0 Å². The summed E-state index contributed by atoms with van der Waals surface area (Å²) in [4.78, 5) is 48.3. The number of esters is 1. The first kappa shape index (κ1) is 21.5. The summed E-state index contributed by atoms with van der Waals surface area (Å²) in [5, 5.41) is 13.1. The molecule has 152 valence electrons. The number of carbonyl (C=O) groups is 3. The number of anilines is 1. The lowest BCUT2D eigenvalue weighted by Crippen LogP contribution is -2.41. The van der Waals surface area contributed by atoms with Crippen molar-refractivity contribution in [2.24, 2.45) is 0 Å². The highest BCUT2D eigenvalue weighted by molar-refractivity contribution is 5.98. The number of carbonyl (C=O) groups excluding carboxylic acids is 3. The first-order valence-electron chi connectivity index (χ1n) is 8.92. The van der Waals surface area contributed by atoms with E-state index in [2.05, 4.69) is 5.32 Å². The lowest BCUT2D eigenvalue weighted by molar-refractivity contribution is -0.384. The van der Waals surface area contributed by atoms with Crippen LogP contribution in [0.4, 0.5) is 11.4 Å². The number of nitro groups is 1. The molecule has 9 heteroatoms. The molecule has 9 nitrogen and oxygen atoms in total. The molecule has 0 radical (unpaired) electrons. The Morgan fingerprint density at radius 3 is 2.45 bits per heavy atom. The lowest BCUT2D eigenvalue weighted by Gasteiger charge is -2.24. The SMILES string of the molecule is CCN(C(=O)[C@@H](C)OC(=O)CNC(=O)c1cccc([N+](=O)[O-])c1)c1ccccc1. The van der Waals surface area contributed by atoms with Crippen LogP contribution in [-0.4, -0.2) is 41.9 Å². The molecule has 0 aliphatic carbocycles. The van der Waals surface area contributed by atoms with Crippen LogP contribution < -0.4 is 10.2 Å². The molecule has 0 bridgehead atoms. The molecule has 0 aliphatic rings. The van der Waals surface area contributed by atoms with Crippen molar-refractivity contribution in [1.29, 1.82) is 0 Å². The normalized spacial score (nSPS) is 11.2. The molecule has 2 rings (SSSR count). The number of para-hydroxylation sites is 1. The van der Waals surface area contributed by atoms with Gasteiger partial charge in [0.15, 0.2) is 6.10 Å². The maximum atomic E-state index is 12.6. The zero-order chi connectivity index (χ0) is 21.4. The molecular formula is C20H21N3O6. The van der Waals surface area contributed by atoms with Crippen LogP contribution in [0.15, 0.2) is 54.6 Å². The number of benzene rings is 2. The van der Waals surface area contributed by atoms with Gasteiger partial charge >= 0.3 is 5.97 Å². The summed E-state index contributed by atoms with van der Waals surface area (Å²) < 4.78 is 5.11. The minimum Gasteiger partial charge on any atom is -0.451 e. The largest absolute Gasteiger partial charge is 0.451 e. The Labute approximate surface area is 167 Å². The molecule has 2 aromatic rings. The molecule has 0 saturated carbocycles. The number of amides is 2. The van der Waals surface area contributed by atoms with E-state index in [4.69, 9.17) is 4.74 Å². The molecule has 0 aliphatic heterocycles. The van der Waals surface area contributed by atoms with Gasteiger partial charge in [0.25, 0.3) is 17.5 Å². The number of nitrogens with zero attached hydrogens (tertiary/aromatic N) is 2. The van der Waals surface area contributed by atoms with Crippen molar-refractivity contribution >= 4 is 29.2 Å². The third kappa shape index (κ3) is 5.86. The minimum absolute atomic E-state index is 0.0392. The molecule has 1 N–H and O–H groups in total. The van der Waals surface area contributed by atoms with Gasteiger partial charge < -0.3 is 15.0 Å². The van der Waals surface area contributed by atoms with Gasteiger partial charge in [0.1, 0.15) is 6.54 Å². The summed E-state index contributed by atoms with van der Waals surface area (Å²) in [6, 6.07) is 14.1. The van der Waals surface area contributed by atoms with E-state index in [1.807, 2.05) is 6.07 Å². The lowest BCUT2D eigenvalue weighted by atomic mass is 10.2. The summed E-state index contributed by atoms with van der Waals surface area (Å²) in [7, 11) is 0. The number of nitro benzene ring substituents is 1. The average molecular weight is 399 g/mol. The van der Waals surface area contributed by atoms with Gasteiger partial charge in [-0.05, 0) is 32.0 Å². The van der Waals surface area contributed by atoms with Crippen LogP contribution in [0.5, 0.6) is 0 Å². The van der Waals surface area contributed by atoms with Crippen LogP contribution >= 0.6 is 0 Å². The highest BCUT2D eigenvalue weighted by atomic mass is 16.6. The maximum Gasteiger partial charge on any atom is 0.326 e. The van der Waals surface area contributed by atoms with Crippen molar-refractivity contribution in [3.8, 4) is 0 Å². The van der Waals surface area contributed by atoms with Crippen molar-refractivity contribution < 1.29 is 24.0 Å². The summed E-state index contributed by atoms with van der Waals surface area (Å²) in [5.41, 5.74) is 0.485. The van der Waals surface area contributed by atoms with Crippen molar-refractivity contribution in [3.63, 3.8) is 0 Å². The van der Waals surface area contributed by atoms with Crippen LogP contribution in [0.3, 0.4) is 0 Å². The smallest absolute Gasteiger partial charge is 0.326 e. The number of likely N-dealkylation sites (N-methyl/N-ethyl adjacent to an activating group) is 1. The summed E-state index contributed by atoms with van der Waals surface area (Å²) >= 11 is 0. The summed E-state index contributed by atoms with van der Waals surface area (Å²) in [5.74, 6) is -1.85. The third-order valence-corrected chi connectivity index (χ3v) is 4.02. The highest BCUT2D eigenvalue weighted by Crippen LogP contribution is 2.15. The van der Waals surface area contributed by atoms with Gasteiger partial charge in [0.05, 0.1) is 4.92 Å². The molecule has 0 spiro atoms. The Kier molecular flexibility index (Phi) is 7.41. The summed E-state index contributed by atoms with van der Waals surface area (Å²) in [6.07, 6.45) is -1.04. The number of nitrogens with one attached hydrogen (secondary N) is 1. The van der Waals surface area contributed by atoms with Crippen molar-refractivity contribution in [2.45, 2.75) is 20.0 Å².